The Bertz CT molecular complexity index is 762. The molecule has 0 aliphatic carbocycles. The van der Waals surface area contributed by atoms with E-state index in [0.717, 1.165) is 38.5 Å². The number of anilines is 2. The standard InChI is InChI=1S/C20H25N5/c1-23-9-8-18-17(12-23)20(22-14-21-18)24-11-15-7-10-25(19(15)13-24)16-5-3-2-4-6-16/h2-6,14-15,19H,7-13H2,1H3/t15-,19+/m1/s1. The van der Waals surface area contributed by atoms with Crippen molar-refractivity contribution >= 4 is 11.5 Å². The van der Waals surface area contributed by atoms with Crippen LogP contribution in [0.5, 0.6) is 0 Å². The SMILES string of the molecule is CN1CCc2ncnc(N3C[C@H]4CCN(c5ccccc5)[C@H]4C3)c2C1. The molecule has 0 radical (unpaired) electrons. The lowest BCUT2D eigenvalue weighted by atomic mass is 10.0. The first-order valence-electron chi connectivity index (χ1n) is 9.37. The molecule has 0 spiro atoms. The lowest BCUT2D eigenvalue weighted by molar-refractivity contribution is 0.309. The molecule has 0 bridgehead atoms. The van der Waals surface area contributed by atoms with E-state index < -0.39 is 0 Å². The average molecular weight is 335 g/mol. The van der Waals surface area contributed by atoms with E-state index in [2.05, 4.69) is 57.1 Å². The predicted molar refractivity (Wildman–Crippen MR) is 100.0 cm³/mol. The number of aromatic nitrogens is 2. The highest BCUT2D eigenvalue weighted by Crippen LogP contribution is 2.38. The van der Waals surface area contributed by atoms with Gasteiger partial charge in [0.25, 0.3) is 0 Å². The van der Waals surface area contributed by atoms with Gasteiger partial charge in [0.2, 0.25) is 0 Å². The molecule has 3 aliphatic heterocycles. The Morgan fingerprint density at radius 3 is 2.80 bits per heavy atom. The van der Waals surface area contributed by atoms with E-state index in [1.807, 2.05) is 0 Å². The van der Waals surface area contributed by atoms with Gasteiger partial charge in [-0.25, -0.2) is 9.97 Å². The number of fused-ring (bicyclic) bond motifs is 2. The summed E-state index contributed by atoms with van der Waals surface area (Å²) in [7, 11) is 2.19. The van der Waals surface area contributed by atoms with Crippen molar-refractivity contribution in [1.82, 2.24) is 14.9 Å². The van der Waals surface area contributed by atoms with E-state index in [-0.39, 0.29) is 0 Å². The highest BCUT2D eigenvalue weighted by atomic mass is 15.3. The summed E-state index contributed by atoms with van der Waals surface area (Å²) in [6.45, 7) is 5.45. The van der Waals surface area contributed by atoms with Gasteiger partial charge in [0, 0.05) is 56.3 Å². The van der Waals surface area contributed by atoms with E-state index in [1.54, 1.807) is 6.33 Å². The molecule has 25 heavy (non-hydrogen) atoms. The van der Waals surface area contributed by atoms with Crippen LogP contribution in [-0.2, 0) is 13.0 Å². The molecule has 5 heteroatoms. The topological polar surface area (TPSA) is 35.5 Å². The smallest absolute Gasteiger partial charge is 0.136 e. The fourth-order valence-corrected chi connectivity index (χ4v) is 4.81. The molecule has 0 unspecified atom stereocenters. The van der Waals surface area contributed by atoms with E-state index >= 15 is 0 Å². The van der Waals surface area contributed by atoms with Crippen LogP contribution >= 0.6 is 0 Å². The second-order valence-corrected chi connectivity index (χ2v) is 7.66. The van der Waals surface area contributed by atoms with Crippen LogP contribution in [0.2, 0.25) is 0 Å². The number of hydrogen-bond donors (Lipinski definition) is 0. The average Bonchev–Trinajstić information content (AvgIpc) is 3.22. The molecule has 4 heterocycles. The first-order chi connectivity index (χ1) is 12.3. The maximum Gasteiger partial charge on any atom is 0.136 e. The van der Waals surface area contributed by atoms with Crippen LogP contribution in [0.1, 0.15) is 17.7 Å². The maximum absolute atomic E-state index is 4.70. The molecule has 130 valence electrons. The van der Waals surface area contributed by atoms with Gasteiger partial charge >= 0.3 is 0 Å². The molecule has 2 fully saturated rings. The number of para-hydroxylation sites is 1. The van der Waals surface area contributed by atoms with Crippen LogP contribution in [0.15, 0.2) is 36.7 Å². The minimum Gasteiger partial charge on any atom is -0.366 e. The van der Waals surface area contributed by atoms with Crippen LogP contribution in [0, 0.1) is 5.92 Å². The molecule has 2 atom stereocenters. The summed E-state index contributed by atoms with van der Waals surface area (Å²) < 4.78 is 0. The highest BCUT2D eigenvalue weighted by molar-refractivity contribution is 5.54. The summed E-state index contributed by atoms with van der Waals surface area (Å²) in [5.74, 6) is 1.92. The molecule has 3 aliphatic rings. The lowest BCUT2D eigenvalue weighted by Gasteiger charge is -2.30. The molecule has 1 aromatic carbocycles. The van der Waals surface area contributed by atoms with Crippen molar-refractivity contribution in [2.24, 2.45) is 5.92 Å². The van der Waals surface area contributed by atoms with Gasteiger partial charge in [-0.2, -0.15) is 0 Å². The molecular formula is C20H25N5. The van der Waals surface area contributed by atoms with Crippen LogP contribution in [-0.4, -0.2) is 54.1 Å². The fraction of sp³-hybridized carbons (Fsp3) is 0.500. The van der Waals surface area contributed by atoms with Gasteiger partial charge in [0.15, 0.2) is 0 Å². The van der Waals surface area contributed by atoms with Crippen LogP contribution in [0.3, 0.4) is 0 Å². The summed E-state index contributed by atoms with van der Waals surface area (Å²) in [5.41, 5.74) is 3.96. The molecule has 5 rings (SSSR count). The van der Waals surface area contributed by atoms with Gasteiger partial charge in [0.1, 0.15) is 12.1 Å². The third-order valence-electron chi connectivity index (χ3n) is 6.11. The quantitative estimate of drug-likeness (QED) is 0.841. The third-order valence-corrected chi connectivity index (χ3v) is 6.11. The number of likely N-dealkylation sites (N-methyl/N-ethyl adjacent to an activating group) is 1. The molecular weight excluding hydrogens is 310 g/mol. The van der Waals surface area contributed by atoms with E-state index in [1.165, 1.54) is 35.7 Å². The molecule has 0 N–H and O–H groups in total. The highest BCUT2D eigenvalue weighted by Gasteiger charge is 2.42. The molecule has 2 saturated heterocycles. The van der Waals surface area contributed by atoms with Gasteiger partial charge < -0.3 is 14.7 Å². The van der Waals surface area contributed by atoms with E-state index in [0.29, 0.717) is 6.04 Å². The Balaban J connectivity index is 1.42. The largest absolute Gasteiger partial charge is 0.366 e. The van der Waals surface area contributed by atoms with Crippen molar-refractivity contribution in [3.63, 3.8) is 0 Å². The summed E-state index contributed by atoms with van der Waals surface area (Å²) >= 11 is 0. The normalized spacial score (nSPS) is 26.0. The zero-order valence-corrected chi connectivity index (χ0v) is 14.8. The third kappa shape index (κ3) is 2.58. The maximum atomic E-state index is 4.70. The Kier molecular flexibility index (Phi) is 3.63. The lowest BCUT2D eigenvalue weighted by Crippen LogP contribution is -2.36. The molecule has 5 nitrogen and oxygen atoms in total. The second-order valence-electron chi connectivity index (χ2n) is 7.66. The van der Waals surface area contributed by atoms with Crippen molar-refractivity contribution in [3.05, 3.63) is 47.9 Å². The summed E-state index contributed by atoms with van der Waals surface area (Å²) in [4.78, 5) is 16.7. The van der Waals surface area contributed by atoms with Gasteiger partial charge in [-0.15, -0.1) is 0 Å². The Labute approximate surface area is 149 Å². The molecule has 1 aromatic heterocycles. The Hall–Kier alpha value is -2.14. The van der Waals surface area contributed by atoms with Crippen molar-refractivity contribution in [1.29, 1.82) is 0 Å². The van der Waals surface area contributed by atoms with Gasteiger partial charge in [0.05, 0.1) is 11.7 Å². The zero-order chi connectivity index (χ0) is 16.8. The van der Waals surface area contributed by atoms with Gasteiger partial charge in [-0.05, 0) is 25.6 Å². The van der Waals surface area contributed by atoms with Gasteiger partial charge in [-0.1, -0.05) is 18.2 Å². The molecule has 0 saturated carbocycles. The summed E-state index contributed by atoms with van der Waals surface area (Å²) in [6.07, 6.45) is 4.09. The van der Waals surface area contributed by atoms with Gasteiger partial charge in [-0.3, -0.25) is 0 Å². The van der Waals surface area contributed by atoms with Crippen LogP contribution in [0.4, 0.5) is 11.5 Å². The Morgan fingerprint density at radius 2 is 1.92 bits per heavy atom. The van der Waals surface area contributed by atoms with E-state index in [4.69, 9.17) is 4.98 Å². The molecule has 0 amide bonds. The summed E-state index contributed by atoms with van der Waals surface area (Å²) in [5, 5.41) is 0. The minimum absolute atomic E-state index is 0.606. The first kappa shape index (κ1) is 15.1. The van der Waals surface area contributed by atoms with Crippen LogP contribution < -0.4 is 9.80 Å². The van der Waals surface area contributed by atoms with Crippen molar-refractivity contribution in [2.75, 3.05) is 43.0 Å². The number of benzene rings is 1. The van der Waals surface area contributed by atoms with Crippen molar-refractivity contribution in [3.8, 4) is 0 Å². The second kappa shape index (κ2) is 5.99. The number of hydrogen-bond acceptors (Lipinski definition) is 5. The fourth-order valence-electron chi connectivity index (χ4n) is 4.81. The minimum atomic E-state index is 0.606. The van der Waals surface area contributed by atoms with Crippen LogP contribution in [0.25, 0.3) is 0 Å². The predicted octanol–water partition coefficient (Wildman–Crippen LogP) is 2.18. The molecule has 2 aromatic rings. The Morgan fingerprint density at radius 1 is 1.04 bits per heavy atom. The number of rotatable bonds is 2. The zero-order valence-electron chi connectivity index (χ0n) is 14.8. The van der Waals surface area contributed by atoms with E-state index in [9.17, 15) is 0 Å². The first-order valence-corrected chi connectivity index (χ1v) is 9.37. The van der Waals surface area contributed by atoms with Crippen molar-refractivity contribution < 1.29 is 0 Å². The summed E-state index contributed by atoms with van der Waals surface area (Å²) in [6, 6.07) is 11.5. The monoisotopic (exact) mass is 335 g/mol. The number of nitrogens with zero attached hydrogens (tertiary/aromatic N) is 5. The van der Waals surface area contributed by atoms with Crippen molar-refractivity contribution in [2.45, 2.75) is 25.4 Å².